The molecule has 0 amide bonds. The first-order valence-corrected chi connectivity index (χ1v) is 5.74. The average molecular weight is 183 g/mol. The van der Waals surface area contributed by atoms with Gasteiger partial charge in [-0.1, -0.05) is 19.3 Å². The van der Waals surface area contributed by atoms with Crippen molar-refractivity contribution in [2.45, 2.75) is 63.0 Å². The minimum atomic E-state index is -0.319. The molecule has 13 heavy (non-hydrogen) atoms. The Kier molecular flexibility index (Phi) is 2.89. The van der Waals surface area contributed by atoms with Crippen LogP contribution in [0.1, 0.15) is 51.4 Å². The van der Waals surface area contributed by atoms with E-state index in [-0.39, 0.29) is 5.60 Å². The molecule has 1 atom stereocenters. The standard InChI is InChI=1S/C11H21NO/c13-11(6-2-1-3-7-11)9-10-5-4-8-12-10/h10,12-13H,1-9H2. The molecule has 2 N–H and O–H groups in total. The van der Waals surface area contributed by atoms with E-state index in [1.165, 1.54) is 32.1 Å². The molecule has 0 spiro atoms. The molecule has 2 fully saturated rings. The third kappa shape index (κ3) is 2.44. The van der Waals surface area contributed by atoms with Crippen LogP contribution in [0.15, 0.2) is 0 Å². The quantitative estimate of drug-likeness (QED) is 0.684. The van der Waals surface area contributed by atoms with Crippen molar-refractivity contribution in [1.29, 1.82) is 0 Å². The van der Waals surface area contributed by atoms with Crippen molar-refractivity contribution in [2.75, 3.05) is 6.54 Å². The second-order valence-corrected chi connectivity index (χ2v) is 4.78. The van der Waals surface area contributed by atoms with Crippen LogP contribution >= 0.6 is 0 Å². The minimum absolute atomic E-state index is 0.319. The monoisotopic (exact) mass is 183 g/mol. The molecule has 1 aliphatic heterocycles. The first-order chi connectivity index (χ1) is 6.29. The van der Waals surface area contributed by atoms with E-state index in [9.17, 15) is 5.11 Å². The minimum Gasteiger partial charge on any atom is -0.390 e. The average Bonchev–Trinajstić information content (AvgIpc) is 2.57. The SMILES string of the molecule is OC1(CC2CCCN2)CCCCC1. The maximum absolute atomic E-state index is 10.3. The Balaban J connectivity index is 1.83. The van der Waals surface area contributed by atoms with E-state index in [2.05, 4.69) is 5.32 Å². The molecule has 76 valence electrons. The normalized spacial score (nSPS) is 33.5. The first kappa shape index (κ1) is 9.47. The van der Waals surface area contributed by atoms with Gasteiger partial charge >= 0.3 is 0 Å². The second kappa shape index (κ2) is 3.97. The molecule has 1 unspecified atom stereocenters. The molecule has 2 heteroatoms. The van der Waals surface area contributed by atoms with Crippen LogP contribution in [-0.2, 0) is 0 Å². The predicted molar refractivity (Wildman–Crippen MR) is 53.7 cm³/mol. The first-order valence-electron chi connectivity index (χ1n) is 5.74. The summed E-state index contributed by atoms with van der Waals surface area (Å²) in [4.78, 5) is 0. The summed E-state index contributed by atoms with van der Waals surface area (Å²) < 4.78 is 0. The van der Waals surface area contributed by atoms with Crippen LogP contribution in [0.4, 0.5) is 0 Å². The molecule has 0 aromatic rings. The van der Waals surface area contributed by atoms with Crippen molar-refractivity contribution in [1.82, 2.24) is 5.32 Å². The van der Waals surface area contributed by atoms with Crippen LogP contribution in [0.5, 0.6) is 0 Å². The number of rotatable bonds is 2. The molecule has 1 saturated carbocycles. The van der Waals surface area contributed by atoms with Crippen LogP contribution in [0.2, 0.25) is 0 Å². The molecule has 2 nitrogen and oxygen atoms in total. The highest BCUT2D eigenvalue weighted by atomic mass is 16.3. The van der Waals surface area contributed by atoms with Gasteiger partial charge < -0.3 is 10.4 Å². The Labute approximate surface area is 80.7 Å². The van der Waals surface area contributed by atoms with E-state index >= 15 is 0 Å². The topological polar surface area (TPSA) is 32.3 Å². The summed E-state index contributed by atoms with van der Waals surface area (Å²) in [5.74, 6) is 0. The van der Waals surface area contributed by atoms with Gasteiger partial charge in [-0.15, -0.1) is 0 Å². The number of aliphatic hydroxyl groups is 1. The molecular formula is C11H21NO. The molecular weight excluding hydrogens is 162 g/mol. The summed E-state index contributed by atoms with van der Waals surface area (Å²) >= 11 is 0. The van der Waals surface area contributed by atoms with Crippen LogP contribution in [0.25, 0.3) is 0 Å². The predicted octanol–water partition coefficient (Wildman–Crippen LogP) is 1.82. The molecule has 1 aliphatic carbocycles. The highest BCUT2D eigenvalue weighted by Gasteiger charge is 2.32. The highest BCUT2D eigenvalue weighted by molar-refractivity contribution is 4.88. The summed E-state index contributed by atoms with van der Waals surface area (Å²) in [5.41, 5.74) is -0.319. The zero-order chi connectivity index (χ0) is 9.15. The van der Waals surface area contributed by atoms with Crippen molar-refractivity contribution in [3.8, 4) is 0 Å². The van der Waals surface area contributed by atoms with Crippen LogP contribution in [0.3, 0.4) is 0 Å². The third-order valence-electron chi connectivity index (χ3n) is 3.57. The lowest BCUT2D eigenvalue weighted by Crippen LogP contribution is -2.38. The molecule has 1 heterocycles. The maximum atomic E-state index is 10.3. The Bertz CT molecular complexity index is 157. The Morgan fingerprint density at radius 2 is 1.92 bits per heavy atom. The van der Waals surface area contributed by atoms with Crippen molar-refractivity contribution in [2.24, 2.45) is 0 Å². The van der Waals surface area contributed by atoms with Gasteiger partial charge in [0.05, 0.1) is 5.60 Å². The zero-order valence-electron chi connectivity index (χ0n) is 8.39. The molecule has 0 aromatic heterocycles. The highest BCUT2D eigenvalue weighted by Crippen LogP contribution is 2.33. The smallest absolute Gasteiger partial charge is 0.0662 e. The van der Waals surface area contributed by atoms with Gasteiger partial charge in [0.15, 0.2) is 0 Å². The van der Waals surface area contributed by atoms with Gasteiger partial charge in [0, 0.05) is 6.04 Å². The summed E-state index contributed by atoms with van der Waals surface area (Å²) in [6, 6.07) is 0.600. The lowest BCUT2D eigenvalue weighted by Gasteiger charge is -2.34. The van der Waals surface area contributed by atoms with E-state index in [4.69, 9.17) is 0 Å². The van der Waals surface area contributed by atoms with Crippen molar-refractivity contribution >= 4 is 0 Å². The fourth-order valence-corrected chi connectivity index (χ4v) is 2.80. The molecule has 1 saturated heterocycles. The molecule has 2 aliphatic rings. The summed E-state index contributed by atoms with van der Waals surface area (Å²) in [6.45, 7) is 1.15. The second-order valence-electron chi connectivity index (χ2n) is 4.78. The van der Waals surface area contributed by atoms with Crippen LogP contribution in [-0.4, -0.2) is 23.3 Å². The van der Waals surface area contributed by atoms with Crippen LogP contribution < -0.4 is 5.32 Å². The fourth-order valence-electron chi connectivity index (χ4n) is 2.80. The van der Waals surface area contributed by atoms with E-state index in [1.54, 1.807) is 0 Å². The lowest BCUT2D eigenvalue weighted by molar-refractivity contribution is -0.0107. The van der Waals surface area contributed by atoms with E-state index in [1.807, 2.05) is 0 Å². The van der Waals surface area contributed by atoms with Gasteiger partial charge in [0.25, 0.3) is 0 Å². The van der Waals surface area contributed by atoms with Gasteiger partial charge in [0.1, 0.15) is 0 Å². The fraction of sp³-hybridized carbons (Fsp3) is 1.00. The Morgan fingerprint density at radius 3 is 2.54 bits per heavy atom. The summed E-state index contributed by atoms with van der Waals surface area (Å²) in [7, 11) is 0. The van der Waals surface area contributed by atoms with Crippen LogP contribution in [0, 0.1) is 0 Å². The summed E-state index contributed by atoms with van der Waals surface area (Å²) in [5, 5.41) is 13.8. The number of nitrogens with one attached hydrogen (secondary N) is 1. The Hall–Kier alpha value is -0.0800. The zero-order valence-corrected chi connectivity index (χ0v) is 8.39. The van der Waals surface area contributed by atoms with Crippen molar-refractivity contribution in [3.63, 3.8) is 0 Å². The van der Waals surface area contributed by atoms with Gasteiger partial charge in [0.2, 0.25) is 0 Å². The summed E-state index contributed by atoms with van der Waals surface area (Å²) in [6.07, 6.45) is 9.39. The molecule has 0 bridgehead atoms. The largest absolute Gasteiger partial charge is 0.390 e. The van der Waals surface area contributed by atoms with Crippen molar-refractivity contribution < 1.29 is 5.11 Å². The maximum Gasteiger partial charge on any atom is 0.0662 e. The third-order valence-corrected chi connectivity index (χ3v) is 3.57. The lowest BCUT2D eigenvalue weighted by atomic mass is 9.80. The van der Waals surface area contributed by atoms with E-state index in [0.29, 0.717) is 6.04 Å². The van der Waals surface area contributed by atoms with Gasteiger partial charge in [-0.05, 0) is 38.6 Å². The van der Waals surface area contributed by atoms with E-state index < -0.39 is 0 Å². The van der Waals surface area contributed by atoms with E-state index in [0.717, 1.165) is 25.8 Å². The molecule has 0 radical (unpaired) electrons. The van der Waals surface area contributed by atoms with Gasteiger partial charge in [-0.2, -0.15) is 0 Å². The number of hydrogen-bond acceptors (Lipinski definition) is 2. The van der Waals surface area contributed by atoms with Gasteiger partial charge in [-0.3, -0.25) is 0 Å². The molecule has 2 rings (SSSR count). The van der Waals surface area contributed by atoms with Gasteiger partial charge in [-0.25, -0.2) is 0 Å². The number of hydrogen-bond donors (Lipinski definition) is 2. The Morgan fingerprint density at radius 1 is 1.15 bits per heavy atom. The molecule has 0 aromatic carbocycles. The van der Waals surface area contributed by atoms with Crippen molar-refractivity contribution in [3.05, 3.63) is 0 Å².